The minimum Gasteiger partial charge on any atom is -0.497 e. The van der Waals surface area contributed by atoms with Gasteiger partial charge in [-0.15, -0.1) is 0 Å². The topological polar surface area (TPSA) is 75.7 Å². The van der Waals surface area contributed by atoms with Crippen molar-refractivity contribution in [2.45, 2.75) is 36.7 Å². The number of halogens is 2. The van der Waals surface area contributed by atoms with Gasteiger partial charge < -0.3 is 9.64 Å². The van der Waals surface area contributed by atoms with E-state index in [4.69, 9.17) is 16.3 Å². The Morgan fingerprint density at radius 1 is 1.24 bits per heavy atom. The number of methoxy groups -OCH3 is 1. The Kier molecular flexibility index (Phi) is 6.77. The summed E-state index contributed by atoms with van der Waals surface area (Å²) in [5.74, 6) is 0.00609. The fourth-order valence-corrected chi connectivity index (χ4v) is 4.82. The quantitative estimate of drug-likeness (QED) is 0.747. The first-order valence-corrected chi connectivity index (χ1v) is 11.0. The van der Waals surface area contributed by atoms with E-state index in [1.165, 1.54) is 6.07 Å². The van der Waals surface area contributed by atoms with E-state index in [2.05, 4.69) is 4.72 Å². The molecule has 1 atom stereocenters. The van der Waals surface area contributed by atoms with Crippen LogP contribution in [0.4, 0.5) is 4.39 Å². The lowest BCUT2D eigenvalue weighted by Gasteiger charge is -2.21. The van der Waals surface area contributed by atoms with Gasteiger partial charge in [0.1, 0.15) is 11.6 Å². The predicted octanol–water partition coefficient (Wildman–Crippen LogP) is 3.35. The van der Waals surface area contributed by atoms with Gasteiger partial charge in [0.05, 0.1) is 17.0 Å². The fraction of sp³-hybridized carbons (Fsp3) is 0.350. The minimum absolute atomic E-state index is 0.0284. The van der Waals surface area contributed by atoms with Gasteiger partial charge in [0.25, 0.3) is 0 Å². The van der Waals surface area contributed by atoms with Crippen LogP contribution in [0, 0.1) is 5.82 Å². The summed E-state index contributed by atoms with van der Waals surface area (Å²) >= 11 is 5.70. The molecule has 0 spiro atoms. The van der Waals surface area contributed by atoms with Crippen molar-refractivity contribution in [2.24, 2.45) is 0 Å². The van der Waals surface area contributed by atoms with Crippen molar-refractivity contribution in [1.29, 1.82) is 0 Å². The zero-order chi connectivity index (χ0) is 21.0. The lowest BCUT2D eigenvalue weighted by atomic mass is 10.1. The molecule has 3 rings (SSSR count). The standard InChI is InChI=1S/C20H22ClFN2O4S/c1-28-16-4-2-3-14(11-16)13-24-10-9-15(5-8-20(24)25)23-29(26,27)17-6-7-19(22)18(21)12-17/h2-4,6-7,11-12,15,23H,5,8-10,13H2,1H3. The molecular weight excluding hydrogens is 419 g/mol. The normalized spacial score (nSPS) is 17.8. The van der Waals surface area contributed by atoms with Crippen LogP contribution in [0.2, 0.25) is 5.02 Å². The second kappa shape index (κ2) is 9.11. The van der Waals surface area contributed by atoms with Crippen LogP contribution < -0.4 is 9.46 Å². The molecule has 0 radical (unpaired) electrons. The van der Waals surface area contributed by atoms with Crippen LogP contribution in [0.15, 0.2) is 47.4 Å². The van der Waals surface area contributed by atoms with Gasteiger partial charge >= 0.3 is 0 Å². The number of carbonyl (C=O) groups is 1. The molecule has 1 heterocycles. The highest BCUT2D eigenvalue weighted by molar-refractivity contribution is 7.89. The van der Waals surface area contributed by atoms with Gasteiger partial charge in [0, 0.05) is 25.6 Å². The second-order valence-electron chi connectivity index (χ2n) is 6.89. The highest BCUT2D eigenvalue weighted by Gasteiger charge is 2.27. The van der Waals surface area contributed by atoms with Crippen molar-refractivity contribution in [3.63, 3.8) is 0 Å². The van der Waals surface area contributed by atoms with Crippen molar-refractivity contribution < 1.29 is 22.3 Å². The number of likely N-dealkylation sites (tertiary alicyclic amines) is 1. The number of carbonyl (C=O) groups excluding carboxylic acids is 1. The number of nitrogens with zero attached hydrogens (tertiary/aromatic N) is 1. The first-order chi connectivity index (χ1) is 13.8. The molecule has 1 fully saturated rings. The summed E-state index contributed by atoms with van der Waals surface area (Å²) < 4.78 is 46.3. The van der Waals surface area contributed by atoms with E-state index in [9.17, 15) is 17.6 Å². The summed E-state index contributed by atoms with van der Waals surface area (Å²) in [5.41, 5.74) is 0.942. The van der Waals surface area contributed by atoms with Gasteiger partial charge in [0.15, 0.2) is 0 Å². The van der Waals surface area contributed by atoms with Crippen molar-refractivity contribution in [2.75, 3.05) is 13.7 Å². The van der Waals surface area contributed by atoms with Crippen molar-refractivity contribution >= 4 is 27.5 Å². The van der Waals surface area contributed by atoms with Crippen LogP contribution >= 0.6 is 11.6 Å². The lowest BCUT2D eigenvalue weighted by Crippen LogP contribution is -2.36. The maximum atomic E-state index is 13.3. The SMILES string of the molecule is COc1cccc(CN2CCC(NS(=O)(=O)c3ccc(F)c(Cl)c3)CCC2=O)c1. The molecule has 1 aliphatic rings. The first kappa shape index (κ1) is 21.5. The van der Waals surface area contributed by atoms with E-state index in [1.807, 2.05) is 24.3 Å². The molecule has 1 N–H and O–H groups in total. The molecule has 2 aromatic rings. The zero-order valence-corrected chi connectivity index (χ0v) is 17.5. The van der Waals surface area contributed by atoms with Crippen LogP contribution in [0.25, 0.3) is 0 Å². The molecule has 1 saturated heterocycles. The molecule has 9 heteroatoms. The van der Waals surface area contributed by atoms with Crippen LogP contribution in [-0.4, -0.2) is 38.9 Å². The smallest absolute Gasteiger partial charge is 0.240 e. The summed E-state index contributed by atoms with van der Waals surface area (Å²) in [6, 6.07) is 10.3. The molecular formula is C20H22ClFN2O4S. The fourth-order valence-electron chi connectivity index (χ4n) is 3.24. The molecule has 0 saturated carbocycles. The highest BCUT2D eigenvalue weighted by Crippen LogP contribution is 2.22. The van der Waals surface area contributed by atoms with E-state index in [0.29, 0.717) is 31.7 Å². The van der Waals surface area contributed by atoms with Gasteiger partial charge in [-0.25, -0.2) is 17.5 Å². The Morgan fingerprint density at radius 3 is 2.76 bits per heavy atom. The number of sulfonamides is 1. The molecule has 0 aromatic heterocycles. The highest BCUT2D eigenvalue weighted by atomic mass is 35.5. The largest absolute Gasteiger partial charge is 0.497 e. The third-order valence-electron chi connectivity index (χ3n) is 4.84. The number of hydrogen-bond donors (Lipinski definition) is 1. The van der Waals surface area contributed by atoms with Gasteiger partial charge in [-0.3, -0.25) is 4.79 Å². The summed E-state index contributed by atoms with van der Waals surface area (Å²) in [6.45, 7) is 0.858. The molecule has 1 amide bonds. The van der Waals surface area contributed by atoms with E-state index < -0.39 is 21.9 Å². The van der Waals surface area contributed by atoms with Crippen molar-refractivity contribution in [1.82, 2.24) is 9.62 Å². The minimum atomic E-state index is -3.87. The van der Waals surface area contributed by atoms with E-state index >= 15 is 0 Å². The lowest BCUT2D eigenvalue weighted by molar-refractivity contribution is -0.131. The number of amides is 1. The van der Waals surface area contributed by atoms with Gasteiger partial charge in [-0.05, 0) is 48.7 Å². The second-order valence-corrected chi connectivity index (χ2v) is 9.01. The van der Waals surface area contributed by atoms with Crippen LogP contribution in [0.5, 0.6) is 5.75 Å². The van der Waals surface area contributed by atoms with E-state index in [0.717, 1.165) is 17.7 Å². The van der Waals surface area contributed by atoms with Gasteiger partial charge in [-0.2, -0.15) is 0 Å². The number of ether oxygens (including phenoxy) is 1. The molecule has 1 aliphatic heterocycles. The number of nitrogens with one attached hydrogen (secondary N) is 1. The molecule has 1 unspecified atom stereocenters. The van der Waals surface area contributed by atoms with Gasteiger partial charge in [-0.1, -0.05) is 23.7 Å². The molecule has 29 heavy (non-hydrogen) atoms. The number of benzene rings is 2. The summed E-state index contributed by atoms with van der Waals surface area (Å²) in [5, 5.41) is -0.256. The zero-order valence-electron chi connectivity index (χ0n) is 15.9. The van der Waals surface area contributed by atoms with Gasteiger partial charge in [0.2, 0.25) is 15.9 Å². The van der Waals surface area contributed by atoms with E-state index in [1.54, 1.807) is 12.0 Å². The average molecular weight is 441 g/mol. The van der Waals surface area contributed by atoms with Crippen molar-refractivity contribution in [3.05, 3.63) is 58.9 Å². The number of hydrogen-bond acceptors (Lipinski definition) is 4. The molecule has 156 valence electrons. The maximum Gasteiger partial charge on any atom is 0.240 e. The summed E-state index contributed by atoms with van der Waals surface area (Å²) in [7, 11) is -2.28. The maximum absolute atomic E-state index is 13.3. The van der Waals surface area contributed by atoms with E-state index in [-0.39, 0.29) is 22.2 Å². The molecule has 0 aliphatic carbocycles. The average Bonchev–Trinajstić information content (AvgIpc) is 2.86. The monoisotopic (exact) mass is 440 g/mol. The first-order valence-electron chi connectivity index (χ1n) is 9.16. The van der Waals surface area contributed by atoms with Crippen molar-refractivity contribution in [3.8, 4) is 5.75 Å². The molecule has 6 nitrogen and oxygen atoms in total. The molecule has 2 aromatic carbocycles. The van der Waals surface area contributed by atoms with Crippen LogP contribution in [-0.2, 0) is 21.4 Å². The summed E-state index contributed by atoms with van der Waals surface area (Å²) in [6.07, 6.45) is 1.10. The Hall–Kier alpha value is -2.16. The molecule has 0 bridgehead atoms. The Morgan fingerprint density at radius 2 is 2.03 bits per heavy atom. The third-order valence-corrected chi connectivity index (χ3v) is 6.65. The Bertz CT molecular complexity index is 1000. The third kappa shape index (κ3) is 5.46. The predicted molar refractivity (Wildman–Crippen MR) is 108 cm³/mol. The Labute approximate surface area is 174 Å². The van der Waals surface area contributed by atoms with Crippen LogP contribution in [0.3, 0.4) is 0 Å². The Balaban J connectivity index is 1.66. The summed E-state index contributed by atoms with van der Waals surface area (Å²) in [4.78, 5) is 14.1. The van der Waals surface area contributed by atoms with Crippen LogP contribution in [0.1, 0.15) is 24.8 Å². The number of rotatable bonds is 6.